The van der Waals surface area contributed by atoms with Gasteiger partial charge in [-0.3, -0.25) is 4.79 Å². The molecule has 0 saturated carbocycles. The van der Waals surface area contributed by atoms with E-state index in [-0.39, 0.29) is 11.3 Å². The number of aromatic nitrogens is 3. The molecule has 0 amide bonds. The highest BCUT2D eigenvalue weighted by atomic mass is 32.5. The van der Waals surface area contributed by atoms with Crippen molar-refractivity contribution in [2.75, 3.05) is 66.1 Å². The molecule has 1 unspecified atom stereocenters. The molecule has 1 aromatic rings. The van der Waals surface area contributed by atoms with Crippen molar-refractivity contribution < 1.29 is 37.9 Å². The molecule has 0 fully saturated rings. The first kappa shape index (κ1) is 39.2. The second-order valence-corrected chi connectivity index (χ2v) is 16.2. The Hall–Kier alpha value is -0.820. The molecule has 13 heteroatoms. The summed E-state index contributed by atoms with van der Waals surface area (Å²) in [5.41, 5.74) is 0.706. The maximum absolute atomic E-state index is 12.3. The van der Waals surface area contributed by atoms with E-state index in [2.05, 4.69) is 31.1 Å². The molecule has 1 heterocycles. The molecule has 11 nitrogen and oxygen atoms in total. The van der Waals surface area contributed by atoms with Gasteiger partial charge in [0.15, 0.2) is 0 Å². The minimum Gasteiger partial charge on any atom is -0.800 e. The lowest BCUT2D eigenvalue weighted by molar-refractivity contribution is -0.187. The highest BCUT2D eigenvalue weighted by Crippen LogP contribution is 2.51. The van der Waals surface area contributed by atoms with Crippen LogP contribution in [0.4, 0.5) is 0 Å². The SMILES string of the molecule is CC(C)(C)n1cc(COCCOCCOCCOCCOCCC(=O)CCCCCCCOP([O-])(=S)C(C)(C)C)nn1. The number of carbonyl (C=O) groups excluding carboxylic acids is 1. The van der Waals surface area contributed by atoms with Crippen molar-refractivity contribution in [3.8, 4) is 0 Å². The monoisotopic (exact) mass is 636 g/mol. The molecular weight excluding hydrogens is 581 g/mol. The smallest absolute Gasteiger partial charge is 0.135 e. The second kappa shape index (κ2) is 21.8. The third kappa shape index (κ3) is 19.5. The Morgan fingerprint density at radius 2 is 1.26 bits per heavy atom. The zero-order chi connectivity index (χ0) is 31.3. The second-order valence-electron chi connectivity index (χ2n) is 12.1. The van der Waals surface area contributed by atoms with Crippen LogP contribution in [0.5, 0.6) is 0 Å². The highest BCUT2D eigenvalue weighted by Gasteiger charge is 2.21. The van der Waals surface area contributed by atoms with E-state index in [4.69, 9.17) is 40.0 Å². The Bertz CT molecular complexity index is 889. The molecule has 1 aromatic heterocycles. The number of rotatable bonds is 26. The molecule has 0 aliphatic rings. The van der Waals surface area contributed by atoms with Crippen LogP contribution < -0.4 is 4.89 Å². The van der Waals surface area contributed by atoms with Gasteiger partial charge in [-0.25, -0.2) is 4.68 Å². The fraction of sp³-hybridized carbons (Fsp3) is 0.897. The number of hydrogen-bond donors (Lipinski definition) is 0. The summed E-state index contributed by atoms with van der Waals surface area (Å²) in [6, 6.07) is 0. The molecule has 0 saturated heterocycles. The van der Waals surface area contributed by atoms with Crippen LogP contribution in [0.1, 0.15) is 92.2 Å². The Kier molecular flexibility index (Phi) is 20.4. The number of Topliss-reactive ketones (excluding diaryl/α,β-unsaturated/α-hetero) is 1. The van der Waals surface area contributed by atoms with Crippen molar-refractivity contribution in [2.45, 2.75) is 104 Å². The largest absolute Gasteiger partial charge is 0.800 e. The molecule has 1 atom stereocenters. The molecule has 1 rings (SSSR count). The summed E-state index contributed by atoms with van der Waals surface area (Å²) in [4.78, 5) is 24.3. The van der Waals surface area contributed by atoms with Crippen LogP contribution in [-0.2, 0) is 57.0 Å². The average molecular weight is 637 g/mol. The molecule has 42 heavy (non-hydrogen) atoms. The number of nitrogens with zero attached hydrogens (tertiary/aromatic N) is 3. The fourth-order valence-electron chi connectivity index (χ4n) is 3.39. The van der Waals surface area contributed by atoms with E-state index in [0.29, 0.717) is 85.5 Å². The normalized spacial score (nSPS) is 13.9. The number of carbonyl (C=O) groups is 1. The summed E-state index contributed by atoms with van der Waals surface area (Å²) in [6.45, 7) is 13.9. The van der Waals surface area contributed by atoms with Gasteiger partial charge in [0.05, 0.1) is 84.4 Å². The van der Waals surface area contributed by atoms with Crippen molar-refractivity contribution in [2.24, 2.45) is 0 Å². The quantitative estimate of drug-likeness (QED) is 0.106. The molecule has 0 radical (unpaired) electrons. The molecule has 0 aromatic carbocycles. The van der Waals surface area contributed by atoms with Crippen molar-refractivity contribution in [3.63, 3.8) is 0 Å². The predicted molar refractivity (Wildman–Crippen MR) is 165 cm³/mol. The molecule has 0 aliphatic heterocycles. The van der Waals surface area contributed by atoms with Crippen molar-refractivity contribution in [3.05, 3.63) is 11.9 Å². The molecular formula is C29H55N3O8PS-. The Labute approximate surface area is 258 Å². The van der Waals surface area contributed by atoms with Crippen molar-refractivity contribution in [1.29, 1.82) is 0 Å². The maximum atomic E-state index is 12.3. The van der Waals surface area contributed by atoms with Gasteiger partial charge in [0, 0.05) is 18.0 Å². The zero-order valence-corrected chi connectivity index (χ0v) is 28.5. The van der Waals surface area contributed by atoms with E-state index >= 15 is 0 Å². The van der Waals surface area contributed by atoms with E-state index in [9.17, 15) is 9.69 Å². The minimum absolute atomic E-state index is 0.0941. The lowest BCUT2D eigenvalue weighted by Gasteiger charge is -2.40. The van der Waals surface area contributed by atoms with Gasteiger partial charge in [0.25, 0.3) is 0 Å². The first-order chi connectivity index (χ1) is 19.8. The van der Waals surface area contributed by atoms with Crippen LogP contribution in [-0.4, -0.2) is 92.0 Å². The van der Waals surface area contributed by atoms with Gasteiger partial charge in [-0.1, -0.05) is 57.1 Å². The number of hydrogen-bond acceptors (Lipinski definition) is 11. The summed E-state index contributed by atoms with van der Waals surface area (Å²) in [6.07, 6.45) is 7.63. The standard InChI is InChI=1S/C29H56N3O8PS/c1-28(2,3)32-24-26(30-31-32)25-39-23-22-38-21-20-37-19-18-36-17-16-35-15-13-27(33)12-10-8-7-9-11-14-40-41(34,42)29(4,5)6/h24H,7-23,25H2,1-6H3,(H,34,42)/p-1. The first-order valence-electron chi connectivity index (χ1n) is 15.1. The summed E-state index contributed by atoms with van der Waals surface area (Å²) in [7, 11) is 0. The molecule has 0 spiro atoms. The van der Waals surface area contributed by atoms with Crippen LogP contribution in [0.25, 0.3) is 0 Å². The third-order valence-corrected chi connectivity index (χ3v) is 10.3. The lowest BCUT2D eigenvalue weighted by atomic mass is 10.1. The van der Waals surface area contributed by atoms with Crippen LogP contribution in [0.15, 0.2) is 6.20 Å². The molecule has 0 N–H and O–H groups in total. The minimum atomic E-state index is -2.99. The van der Waals surface area contributed by atoms with E-state index in [1.807, 2.05) is 31.6 Å². The average Bonchev–Trinajstić information content (AvgIpc) is 3.39. The van der Waals surface area contributed by atoms with Gasteiger partial charge in [-0.15, -0.1) is 5.10 Å². The molecule has 246 valence electrons. The van der Waals surface area contributed by atoms with E-state index in [0.717, 1.165) is 37.8 Å². The number of ketones is 1. The van der Waals surface area contributed by atoms with Crippen molar-refractivity contribution >= 4 is 24.1 Å². The van der Waals surface area contributed by atoms with Crippen LogP contribution >= 0.6 is 6.49 Å². The first-order valence-corrected chi connectivity index (χ1v) is 17.7. The van der Waals surface area contributed by atoms with Crippen LogP contribution in [0.2, 0.25) is 0 Å². The van der Waals surface area contributed by atoms with E-state index < -0.39 is 11.6 Å². The summed E-state index contributed by atoms with van der Waals surface area (Å²) in [5.74, 6) is 0.226. The molecule has 0 aliphatic carbocycles. The Morgan fingerprint density at radius 1 is 0.762 bits per heavy atom. The van der Waals surface area contributed by atoms with E-state index in [1.54, 1.807) is 0 Å². The van der Waals surface area contributed by atoms with Crippen molar-refractivity contribution in [1.82, 2.24) is 15.0 Å². The van der Waals surface area contributed by atoms with Gasteiger partial charge < -0.3 is 33.1 Å². The lowest BCUT2D eigenvalue weighted by Crippen LogP contribution is -2.24. The topological polar surface area (TPSA) is 126 Å². The number of unbranched alkanes of at least 4 members (excludes halogenated alkanes) is 4. The van der Waals surface area contributed by atoms with Gasteiger partial charge >= 0.3 is 0 Å². The summed E-state index contributed by atoms with van der Waals surface area (Å²) in [5, 5.41) is 7.72. The summed E-state index contributed by atoms with van der Waals surface area (Å²) < 4.78 is 34.8. The van der Waals surface area contributed by atoms with Gasteiger partial charge in [-0.05, 0) is 40.1 Å². The van der Waals surface area contributed by atoms with Crippen LogP contribution in [0, 0.1) is 0 Å². The van der Waals surface area contributed by atoms with Crippen LogP contribution in [0.3, 0.4) is 0 Å². The fourth-order valence-corrected chi connectivity index (χ4v) is 4.37. The van der Waals surface area contributed by atoms with Gasteiger partial charge in [0.1, 0.15) is 11.5 Å². The predicted octanol–water partition coefficient (Wildman–Crippen LogP) is 4.40. The third-order valence-electron chi connectivity index (χ3n) is 6.17. The Balaban J connectivity index is 1.79. The van der Waals surface area contributed by atoms with E-state index in [1.165, 1.54) is 0 Å². The molecule has 0 bridgehead atoms. The maximum Gasteiger partial charge on any atom is 0.135 e. The Morgan fingerprint density at radius 3 is 1.79 bits per heavy atom. The van der Waals surface area contributed by atoms with Gasteiger partial charge in [-0.2, -0.15) is 0 Å². The van der Waals surface area contributed by atoms with Gasteiger partial charge in [0.2, 0.25) is 0 Å². The number of ether oxygens (including phenoxy) is 5. The zero-order valence-electron chi connectivity index (χ0n) is 26.8. The highest BCUT2D eigenvalue weighted by molar-refractivity contribution is 8.09. The summed E-state index contributed by atoms with van der Waals surface area (Å²) >= 11 is 5.11.